The number of methoxy groups -OCH3 is 1. The van der Waals surface area contributed by atoms with Crippen LogP contribution >= 0.6 is 0 Å². The van der Waals surface area contributed by atoms with Crippen LogP contribution in [0.2, 0.25) is 0 Å². The molecular formula is C12H16O10. The van der Waals surface area contributed by atoms with Crippen molar-refractivity contribution in [3.8, 4) is 0 Å². The molecule has 0 bridgehead atoms. The molecule has 0 aliphatic heterocycles. The Bertz CT molecular complexity index is 441. The Kier molecular flexibility index (Phi) is 8.91. The second-order valence-corrected chi connectivity index (χ2v) is 3.75. The van der Waals surface area contributed by atoms with Crippen molar-refractivity contribution in [1.29, 1.82) is 0 Å². The van der Waals surface area contributed by atoms with E-state index in [1.54, 1.807) is 0 Å². The molecule has 0 saturated heterocycles. The first-order valence-corrected chi connectivity index (χ1v) is 5.96. The molecule has 0 heterocycles. The van der Waals surface area contributed by atoms with Gasteiger partial charge in [0.2, 0.25) is 6.10 Å². The van der Waals surface area contributed by atoms with Gasteiger partial charge in [0.1, 0.15) is 6.61 Å². The maximum Gasteiger partial charge on any atom is 0.351 e. The molecule has 0 aromatic rings. The molecule has 0 saturated carbocycles. The van der Waals surface area contributed by atoms with Crippen LogP contribution < -0.4 is 0 Å². The first-order chi connectivity index (χ1) is 10.3. The van der Waals surface area contributed by atoms with Crippen molar-refractivity contribution in [3.63, 3.8) is 0 Å². The van der Waals surface area contributed by atoms with E-state index in [0.717, 1.165) is 21.0 Å². The average molecular weight is 320 g/mol. The van der Waals surface area contributed by atoms with Gasteiger partial charge in [-0.15, -0.1) is 0 Å². The molecule has 0 aliphatic carbocycles. The van der Waals surface area contributed by atoms with Crippen molar-refractivity contribution < 1.29 is 47.7 Å². The van der Waals surface area contributed by atoms with Gasteiger partial charge in [0.05, 0.1) is 7.11 Å². The zero-order chi connectivity index (χ0) is 17.1. The number of carbonyl (C=O) groups is 5. The third-order valence-electron chi connectivity index (χ3n) is 1.92. The summed E-state index contributed by atoms with van der Waals surface area (Å²) in [7, 11) is 1.11. The predicted octanol–water partition coefficient (Wildman–Crippen LogP) is -1.26. The van der Waals surface area contributed by atoms with Crippen LogP contribution in [0.1, 0.15) is 13.8 Å². The summed E-state index contributed by atoms with van der Waals surface area (Å²) in [5, 5.41) is 0. The molecule has 0 aromatic carbocycles. The van der Waals surface area contributed by atoms with Crippen LogP contribution in [0, 0.1) is 0 Å². The largest absolute Gasteiger partial charge is 0.466 e. The summed E-state index contributed by atoms with van der Waals surface area (Å²) in [6.45, 7) is 0.144. The second-order valence-electron chi connectivity index (χ2n) is 3.75. The van der Waals surface area contributed by atoms with E-state index in [1.165, 1.54) is 0 Å². The summed E-state index contributed by atoms with van der Waals surface area (Å²) in [6, 6.07) is 0. The zero-order valence-corrected chi connectivity index (χ0v) is 12.3. The van der Waals surface area contributed by atoms with Gasteiger partial charge < -0.3 is 23.7 Å². The van der Waals surface area contributed by atoms with Crippen molar-refractivity contribution in [1.82, 2.24) is 0 Å². The van der Waals surface area contributed by atoms with E-state index < -0.39 is 55.8 Å². The lowest BCUT2D eigenvalue weighted by Gasteiger charge is -2.15. The zero-order valence-electron chi connectivity index (χ0n) is 12.3. The van der Waals surface area contributed by atoms with Crippen LogP contribution in [0.3, 0.4) is 0 Å². The number of rotatable bonds is 8. The molecule has 0 radical (unpaired) electrons. The Hall–Kier alpha value is -2.65. The minimum absolute atomic E-state index is 0.551. The Morgan fingerprint density at radius 3 is 1.91 bits per heavy atom. The molecule has 0 fully saturated rings. The van der Waals surface area contributed by atoms with Crippen LogP contribution in [-0.2, 0) is 47.7 Å². The van der Waals surface area contributed by atoms with Crippen LogP contribution in [0.25, 0.3) is 0 Å². The predicted molar refractivity (Wildman–Crippen MR) is 66.1 cm³/mol. The van der Waals surface area contributed by atoms with Gasteiger partial charge in [0.15, 0.2) is 13.2 Å². The number of esters is 5. The van der Waals surface area contributed by atoms with Gasteiger partial charge in [-0.05, 0) is 0 Å². The lowest BCUT2D eigenvalue weighted by atomic mass is 10.4. The minimum Gasteiger partial charge on any atom is -0.466 e. The van der Waals surface area contributed by atoms with E-state index in [4.69, 9.17) is 0 Å². The second kappa shape index (κ2) is 10.1. The summed E-state index contributed by atoms with van der Waals surface area (Å²) in [5.74, 6) is -4.39. The Balaban J connectivity index is 4.31. The third kappa shape index (κ3) is 9.28. The topological polar surface area (TPSA) is 132 Å². The molecule has 124 valence electrons. The molecule has 10 heteroatoms. The summed E-state index contributed by atoms with van der Waals surface area (Å²) < 4.78 is 22.3. The lowest BCUT2D eigenvalue weighted by molar-refractivity contribution is -0.177. The first kappa shape index (κ1) is 19.4. The fraction of sp³-hybridized carbons (Fsp3) is 0.583. The third-order valence-corrected chi connectivity index (χ3v) is 1.92. The number of carbonyl (C=O) groups excluding carboxylic acids is 5. The fourth-order valence-electron chi connectivity index (χ4n) is 1.01. The molecule has 22 heavy (non-hydrogen) atoms. The number of hydrogen-bond acceptors (Lipinski definition) is 10. The number of ether oxygens (including phenoxy) is 5. The summed E-state index contributed by atoms with van der Waals surface area (Å²) in [6.07, 6.45) is -1.50. The van der Waals surface area contributed by atoms with Crippen molar-refractivity contribution in [2.45, 2.75) is 20.0 Å². The lowest BCUT2D eigenvalue weighted by Crippen LogP contribution is -2.35. The molecular weight excluding hydrogens is 304 g/mol. The molecule has 0 N–H and O–H groups in total. The van der Waals surface area contributed by atoms with Gasteiger partial charge in [-0.3, -0.25) is 9.59 Å². The van der Waals surface area contributed by atoms with Crippen molar-refractivity contribution in [2.75, 3.05) is 26.9 Å². The number of hydrogen-bond donors (Lipinski definition) is 0. The molecule has 10 nitrogen and oxygen atoms in total. The highest BCUT2D eigenvalue weighted by molar-refractivity contribution is 5.82. The van der Waals surface area contributed by atoms with Gasteiger partial charge >= 0.3 is 29.8 Å². The van der Waals surface area contributed by atoms with E-state index in [1.807, 2.05) is 0 Å². The average Bonchev–Trinajstić information content (AvgIpc) is 2.45. The minimum atomic E-state index is -1.50. The molecule has 0 aliphatic rings. The standard InChI is InChI=1S/C12H16O10/c1-7(13)19-4-9(22-8(2)14)12(17)21-6-11(16)20-5-10(15)18-3/h9H,4-6H2,1-3H3. The molecule has 1 atom stereocenters. The van der Waals surface area contributed by atoms with Gasteiger partial charge in [-0.1, -0.05) is 0 Å². The highest BCUT2D eigenvalue weighted by Crippen LogP contribution is 1.99. The maximum atomic E-state index is 11.6. The van der Waals surface area contributed by atoms with E-state index in [2.05, 4.69) is 23.7 Å². The molecule has 0 amide bonds. The summed E-state index contributed by atoms with van der Waals surface area (Å²) in [4.78, 5) is 55.0. The van der Waals surface area contributed by atoms with Crippen LogP contribution in [0.4, 0.5) is 0 Å². The summed E-state index contributed by atoms with van der Waals surface area (Å²) >= 11 is 0. The summed E-state index contributed by atoms with van der Waals surface area (Å²) in [5.41, 5.74) is 0. The monoisotopic (exact) mass is 320 g/mol. The van der Waals surface area contributed by atoms with Gasteiger partial charge in [0, 0.05) is 13.8 Å². The van der Waals surface area contributed by atoms with Crippen LogP contribution in [0.5, 0.6) is 0 Å². The van der Waals surface area contributed by atoms with Crippen molar-refractivity contribution in [3.05, 3.63) is 0 Å². The van der Waals surface area contributed by atoms with E-state index >= 15 is 0 Å². The van der Waals surface area contributed by atoms with Crippen molar-refractivity contribution >= 4 is 29.8 Å². The first-order valence-electron chi connectivity index (χ1n) is 5.96. The van der Waals surface area contributed by atoms with E-state index in [0.29, 0.717) is 0 Å². The fourth-order valence-corrected chi connectivity index (χ4v) is 1.01. The molecule has 0 aromatic heterocycles. The quantitative estimate of drug-likeness (QED) is 0.394. The molecule has 0 spiro atoms. The van der Waals surface area contributed by atoms with E-state index in [9.17, 15) is 24.0 Å². The van der Waals surface area contributed by atoms with Gasteiger partial charge in [0.25, 0.3) is 0 Å². The Morgan fingerprint density at radius 2 is 1.41 bits per heavy atom. The van der Waals surface area contributed by atoms with Gasteiger partial charge in [-0.25, -0.2) is 14.4 Å². The highest BCUT2D eigenvalue weighted by Gasteiger charge is 2.26. The van der Waals surface area contributed by atoms with Crippen LogP contribution in [-0.4, -0.2) is 62.9 Å². The van der Waals surface area contributed by atoms with E-state index in [-0.39, 0.29) is 0 Å². The SMILES string of the molecule is COC(=O)COC(=O)COC(=O)C(COC(C)=O)OC(C)=O. The normalized spacial score (nSPS) is 10.9. The Morgan fingerprint density at radius 1 is 0.818 bits per heavy atom. The Labute approximate surface area is 125 Å². The van der Waals surface area contributed by atoms with Gasteiger partial charge in [-0.2, -0.15) is 0 Å². The van der Waals surface area contributed by atoms with Crippen LogP contribution in [0.15, 0.2) is 0 Å². The highest BCUT2D eigenvalue weighted by atomic mass is 16.6. The molecule has 0 rings (SSSR count). The maximum absolute atomic E-state index is 11.6. The molecule has 1 unspecified atom stereocenters. The van der Waals surface area contributed by atoms with Crippen molar-refractivity contribution in [2.24, 2.45) is 0 Å². The smallest absolute Gasteiger partial charge is 0.351 e.